The van der Waals surface area contributed by atoms with Crippen LogP contribution < -0.4 is 10.9 Å². The second kappa shape index (κ2) is 8.07. The molecule has 4 heteroatoms. The molecule has 0 fully saturated rings. The summed E-state index contributed by atoms with van der Waals surface area (Å²) in [6.45, 7) is 6.04. The van der Waals surface area contributed by atoms with Crippen LogP contribution >= 0.6 is 0 Å². The monoisotopic (exact) mass is 224 g/mol. The Kier molecular flexibility index (Phi) is 6.53. The van der Waals surface area contributed by atoms with Gasteiger partial charge in [0.2, 0.25) is 0 Å². The molecule has 0 aromatic carbocycles. The molecule has 0 bridgehead atoms. The molecule has 0 aliphatic rings. The quantitative estimate of drug-likeness (QED) is 0.666. The summed E-state index contributed by atoms with van der Waals surface area (Å²) < 4.78 is 6.93. The highest BCUT2D eigenvalue weighted by atomic mass is 16.5. The van der Waals surface area contributed by atoms with Gasteiger partial charge < -0.3 is 14.6 Å². The van der Waals surface area contributed by atoms with Gasteiger partial charge in [-0.1, -0.05) is 6.07 Å². The average Bonchev–Trinajstić information content (AvgIpc) is 2.30. The second-order valence-electron chi connectivity index (χ2n) is 3.53. The number of hydrogen-bond donors (Lipinski definition) is 1. The first-order chi connectivity index (χ1) is 7.84. The van der Waals surface area contributed by atoms with E-state index >= 15 is 0 Å². The van der Waals surface area contributed by atoms with E-state index in [0.717, 1.165) is 32.7 Å². The highest BCUT2D eigenvalue weighted by Gasteiger charge is 1.93. The van der Waals surface area contributed by atoms with Gasteiger partial charge in [0.1, 0.15) is 0 Å². The van der Waals surface area contributed by atoms with Gasteiger partial charge in [-0.2, -0.15) is 0 Å². The molecule has 1 heterocycles. The summed E-state index contributed by atoms with van der Waals surface area (Å²) in [5.41, 5.74) is 0.0543. The van der Waals surface area contributed by atoms with E-state index in [4.69, 9.17) is 4.74 Å². The van der Waals surface area contributed by atoms with Crippen molar-refractivity contribution in [3.63, 3.8) is 0 Å². The largest absolute Gasteiger partial charge is 0.382 e. The van der Waals surface area contributed by atoms with Crippen LogP contribution in [0.5, 0.6) is 0 Å². The molecule has 1 aromatic rings. The van der Waals surface area contributed by atoms with E-state index in [0.29, 0.717) is 6.54 Å². The molecule has 90 valence electrons. The highest BCUT2D eigenvalue weighted by molar-refractivity contribution is 4.93. The van der Waals surface area contributed by atoms with Crippen molar-refractivity contribution in [2.75, 3.05) is 26.3 Å². The summed E-state index contributed by atoms with van der Waals surface area (Å²) in [5, 5.41) is 3.28. The van der Waals surface area contributed by atoms with Gasteiger partial charge in [-0.05, 0) is 26.0 Å². The lowest BCUT2D eigenvalue weighted by molar-refractivity contribution is 0.145. The van der Waals surface area contributed by atoms with Gasteiger partial charge in [-0.25, -0.2) is 0 Å². The van der Waals surface area contributed by atoms with Gasteiger partial charge in [0, 0.05) is 38.6 Å². The lowest BCUT2D eigenvalue weighted by atomic mass is 10.4. The van der Waals surface area contributed by atoms with Crippen LogP contribution in [0.15, 0.2) is 29.2 Å². The van der Waals surface area contributed by atoms with Gasteiger partial charge in [0.05, 0.1) is 0 Å². The van der Waals surface area contributed by atoms with Crippen LogP contribution in [-0.4, -0.2) is 30.9 Å². The third-order valence-electron chi connectivity index (χ3n) is 2.27. The summed E-state index contributed by atoms with van der Waals surface area (Å²) >= 11 is 0. The number of pyridine rings is 1. The van der Waals surface area contributed by atoms with E-state index < -0.39 is 0 Å². The Morgan fingerprint density at radius 2 is 2.25 bits per heavy atom. The summed E-state index contributed by atoms with van der Waals surface area (Å²) in [6.07, 6.45) is 2.82. The molecule has 1 N–H and O–H groups in total. The van der Waals surface area contributed by atoms with Crippen molar-refractivity contribution in [1.29, 1.82) is 0 Å². The van der Waals surface area contributed by atoms with Gasteiger partial charge in [-0.15, -0.1) is 0 Å². The Labute approximate surface area is 96.2 Å². The van der Waals surface area contributed by atoms with Crippen LogP contribution in [0.3, 0.4) is 0 Å². The molecule has 0 unspecified atom stereocenters. The normalized spacial score (nSPS) is 10.6. The van der Waals surface area contributed by atoms with E-state index in [-0.39, 0.29) is 5.56 Å². The smallest absolute Gasteiger partial charge is 0.250 e. The fraction of sp³-hybridized carbons (Fsp3) is 0.583. The Hall–Kier alpha value is -1.13. The van der Waals surface area contributed by atoms with Crippen molar-refractivity contribution in [3.8, 4) is 0 Å². The zero-order valence-electron chi connectivity index (χ0n) is 9.82. The lowest BCUT2D eigenvalue weighted by Crippen LogP contribution is -2.27. The molecule has 0 saturated carbocycles. The van der Waals surface area contributed by atoms with Crippen LogP contribution in [0.2, 0.25) is 0 Å². The molecule has 0 aliphatic heterocycles. The van der Waals surface area contributed by atoms with Crippen molar-refractivity contribution in [2.45, 2.75) is 19.9 Å². The highest BCUT2D eigenvalue weighted by Crippen LogP contribution is 1.82. The Morgan fingerprint density at radius 3 is 3.00 bits per heavy atom. The Balaban J connectivity index is 2.08. The third kappa shape index (κ3) is 5.09. The van der Waals surface area contributed by atoms with Gasteiger partial charge >= 0.3 is 0 Å². The molecule has 0 saturated heterocycles. The van der Waals surface area contributed by atoms with E-state index in [1.54, 1.807) is 16.7 Å². The number of nitrogens with zero attached hydrogens (tertiary/aromatic N) is 1. The van der Waals surface area contributed by atoms with Crippen LogP contribution in [0.25, 0.3) is 0 Å². The Morgan fingerprint density at radius 1 is 1.38 bits per heavy atom. The van der Waals surface area contributed by atoms with E-state index in [1.165, 1.54) is 0 Å². The fourth-order valence-electron chi connectivity index (χ4n) is 1.41. The van der Waals surface area contributed by atoms with Crippen molar-refractivity contribution in [1.82, 2.24) is 9.88 Å². The molecule has 0 atom stereocenters. The fourth-order valence-corrected chi connectivity index (χ4v) is 1.41. The standard InChI is InChI=1S/C12H20N2O2/c1-2-16-11-5-7-13-8-10-14-9-4-3-6-12(14)15/h3-4,6,9,13H,2,5,7-8,10-11H2,1H3. The summed E-state index contributed by atoms with van der Waals surface area (Å²) in [5.74, 6) is 0. The summed E-state index contributed by atoms with van der Waals surface area (Å²) in [7, 11) is 0. The number of nitrogens with one attached hydrogen (secondary N) is 1. The number of hydrogen-bond acceptors (Lipinski definition) is 3. The second-order valence-corrected chi connectivity index (χ2v) is 3.53. The maximum Gasteiger partial charge on any atom is 0.250 e. The molecular weight excluding hydrogens is 204 g/mol. The van der Waals surface area contributed by atoms with Crippen molar-refractivity contribution in [3.05, 3.63) is 34.7 Å². The lowest BCUT2D eigenvalue weighted by Gasteiger charge is -2.06. The minimum Gasteiger partial charge on any atom is -0.382 e. The predicted octanol–water partition coefficient (Wildman–Crippen LogP) is 0.864. The van der Waals surface area contributed by atoms with Gasteiger partial charge in [0.25, 0.3) is 5.56 Å². The molecular formula is C12H20N2O2. The Bertz CT molecular complexity index is 336. The predicted molar refractivity (Wildman–Crippen MR) is 64.7 cm³/mol. The first-order valence-electron chi connectivity index (χ1n) is 5.78. The number of rotatable bonds is 8. The van der Waals surface area contributed by atoms with E-state index in [1.807, 2.05) is 19.2 Å². The molecule has 0 spiro atoms. The molecule has 0 aliphatic carbocycles. The van der Waals surface area contributed by atoms with E-state index in [2.05, 4.69) is 5.32 Å². The summed E-state index contributed by atoms with van der Waals surface area (Å²) in [6, 6.07) is 5.21. The molecule has 1 rings (SSSR count). The number of aromatic nitrogens is 1. The third-order valence-corrected chi connectivity index (χ3v) is 2.27. The van der Waals surface area contributed by atoms with Gasteiger partial charge in [-0.3, -0.25) is 4.79 Å². The van der Waals surface area contributed by atoms with Crippen LogP contribution in [-0.2, 0) is 11.3 Å². The molecule has 16 heavy (non-hydrogen) atoms. The minimum atomic E-state index is 0.0543. The summed E-state index contributed by atoms with van der Waals surface area (Å²) in [4.78, 5) is 11.3. The first kappa shape index (κ1) is 12.9. The zero-order valence-corrected chi connectivity index (χ0v) is 9.82. The maximum atomic E-state index is 11.3. The van der Waals surface area contributed by atoms with Crippen molar-refractivity contribution >= 4 is 0 Å². The zero-order chi connectivity index (χ0) is 11.6. The van der Waals surface area contributed by atoms with Crippen molar-refractivity contribution in [2.24, 2.45) is 0 Å². The maximum absolute atomic E-state index is 11.3. The number of ether oxygens (including phenoxy) is 1. The molecule has 4 nitrogen and oxygen atoms in total. The first-order valence-corrected chi connectivity index (χ1v) is 5.78. The molecule has 0 radical (unpaired) electrons. The van der Waals surface area contributed by atoms with E-state index in [9.17, 15) is 4.79 Å². The SMILES string of the molecule is CCOCCCNCCn1ccccc1=O. The minimum absolute atomic E-state index is 0.0543. The van der Waals surface area contributed by atoms with Crippen LogP contribution in [0, 0.1) is 0 Å². The molecule has 0 amide bonds. The van der Waals surface area contributed by atoms with Gasteiger partial charge in [0.15, 0.2) is 0 Å². The average molecular weight is 224 g/mol. The topological polar surface area (TPSA) is 43.3 Å². The van der Waals surface area contributed by atoms with Crippen LogP contribution in [0.4, 0.5) is 0 Å². The van der Waals surface area contributed by atoms with Crippen molar-refractivity contribution < 1.29 is 4.74 Å². The van der Waals surface area contributed by atoms with Crippen LogP contribution in [0.1, 0.15) is 13.3 Å². The molecule has 1 aromatic heterocycles.